The summed E-state index contributed by atoms with van der Waals surface area (Å²) >= 11 is 6.36. The zero-order valence-corrected chi connectivity index (χ0v) is 13.5. The molecule has 2 amide bonds. The highest BCUT2D eigenvalue weighted by Gasteiger charge is 2.25. The predicted octanol–water partition coefficient (Wildman–Crippen LogP) is 3.02. The zero-order chi connectivity index (χ0) is 16.1. The van der Waals surface area contributed by atoms with E-state index >= 15 is 0 Å². The minimum Gasteiger partial charge on any atom is -0.336 e. The van der Waals surface area contributed by atoms with Crippen molar-refractivity contribution in [2.24, 2.45) is 0 Å². The Morgan fingerprint density at radius 3 is 2.83 bits per heavy atom. The summed E-state index contributed by atoms with van der Waals surface area (Å²) in [6.45, 7) is 2.56. The number of hydrogen-bond acceptors (Lipinski definition) is 3. The normalized spacial score (nSPS) is 16.2. The first-order chi connectivity index (χ1) is 11.2. The minimum atomic E-state index is -0.248. The number of aromatic nitrogens is 2. The largest absolute Gasteiger partial charge is 0.336 e. The van der Waals surface area contributed by atoms with E-state index in [1.807, 2.05) is 24.3 Å². The number of carbonyl (C=O) groups is 1. The smallest absolute Gasteiger partial charge is 0.319 e. The number of hydrogen-bond donors (Lipinski definition) is 3. The van der Waals surface area contributed by atoms with Crippen LogP contribution in [0.2, 0.25) is 5.02 Å². The highest BCUT2D eigenvalue weighted by Crippen LogP contribution is 2.29. The van der Waals surface area contributed by atoms with Crippen molar-refractivity contribution >= 4 is 23.3 Å². The van der Waals surface area contributed by atoms with Crippen LogP contribution in [0.5, 0.6) is 0 Å². The summed E-state index contributed by atoms with van der Waals surface area (Å²) in [5, 5.41) is 12.9. The molecule has 0 spiro atoms. The molecule has 0 unspecified atom stereocenters. The van der Waals surface area contributed by atoms with E-state index < -0.39 is 0 Å². The molecule has 1 fully saturated rings. The van der Waals surface area contributed by atoms with Crippen molar-refractivity contribution in [1.82, 2.24) is 20.4 Å². The highest BCUT2D eigenvalue weighted by atomic mass is 35.5. The van der Waals surface area contributed by atoms with Crippen LogP contribution >= 0.6 is 11.6 Å². The third-order valence-electron chi connectivity index (χ3n) is 4.06. The van der Waals surface area contributed by atoms with Crippen molar-refractivity contribution in [1.29, 1.82) is 0 Å². The van der Waals surface area contributed by atoms with Gasteiger partial charge in [-0.05, 0) is 37.6 Å². The molecule has 1 atom stereocenters. The van der Waals surface area contributed by atoms with Crippen LogP contribution in [0, 0.1) is 0 Å². The van der Waals surface area contributed by atoms with Crippen molar-refractivity contribution in [2.75, 3.05) is 25.0 Å². The lowest BCUT2D eigenvalue weighted by molar-refractivity contribution is 0.227. The Bertz CT molecular complexity index is 640. The van der Waals surface area contributed by atoms with E-state index in [4.69, 9.17) is 11.6 Å². The molecule has 122 valence electrons. The van der Waals surface area contributed by atoms with Gasteiger partial charge in [0.15, 0.2) is 0 Å². The van der Waals surface area contributed by atoms with E-state index in [9.17, 15) is 4.79 Å². The first-order valence-electron chi connectivity index (χ1n) is 7.76. The van der Waals surface area contributed by atoms with E-state index in [0.717, 1.165) is 23.7 Å². The van der Waals surface area contributed by atoms with Crippen molar-refractivity contribution in [3.8, 4) is 0 Å². The molecule has 23 heavy (non-hydrogen) atoms. The summed E-state index contributed by atoms with van der Waals surface area (Å²) < 4.78 is 0. The van der Waals surface area contributed by atoms with Crippen molar-refractivity contribution in [3.63, 3.8) is 0 Å². The molecule has 1 aromatic heterocycles. The average Bonchev–Trinajstić information content (AvgIpc) is 3.23. The Hall–Kier alpha value is -2.05. The predicted molar refractivity (Wildman–Crippen MR) is 90.6 cm³/mol. The maximum Gasteiger partial charge on any atom is 0.319 e. The second-order valence-corrected chi connectivity index (χ2v) is 6.01. The molecular weight excluding hydrogens is 314 g/mol. The lowest BCUT2D eigenvalue weighted by atomic mass is 10.1. The zero-order valence-electron chi connectivity index (χ0n) is 12.8. The number of nitrogens with zero attached hydrogens (tertiary/aromatic N) is 2. The fourth-order valence-corrected chi connectivity index (χ4v) is 3.18. The van der Waals surface area contributed by atoms with Gasteiger partial charge in [-0.2, -0.15) is 5.10 Å². The van der Waals surface area contributed by atoms with Crippen LogP contribution in [0.15, 0.2) is 36.7 Å². The number of rotatable bonds is 5. The molecule has 0 radical (unpaired) electrons. The Balaban J connectivity index is 1.66. The minimum absolute atomic E-state index is 0.0845. The first kappa shape index (κ1) is 15.8. The van der Waals surface area contributed by atoms with Crippen LogP contribution in [0.1, 0.15) is 24.4 Å². The number of anilines is 1. The number of halogens is 1. The molecule has 3 rings (SSSR count). The van der Waals surface area contributed by atoms with Gasteiger partial charge in [0.25, 0.3) is 0 Å². The van der Waals surface area contributed by atoms with Gasteiger partial charge in [-0.25, -0.2) is 4.79 Å². The SMILES string of the molecule is O=C(NC[C@@H](c1ccccc1Cl)N1CCCC1)Nc1cn[nH]c1. The summed E-state index contributed by atoms with van der Waals surface area (Å²) in [5.41, 5.74) is 1.69. The number of benzene rings is 1. The molecule has 1 saturated heterocycles. The molecule has 1 aromatic carbocycles. The Labute approximate surface area is 140 Å². The number of nitrogens with one attached hydrogen (secondary N) is 3. The van der Waals surface area contributed by atoms with Gasteiger partial charge in [-0.3, -0.25) is 10.00 Å². The van der Waals surface area contributed by atoms with Crippen LogP contribution in [-0.4, -0.2) is 40.8 Å². The Morgan fingerprint density at radius 1 is 1.35 bits per heavy atom. The maximum absolute atomic E-state index is 12.0. The molecule has 2 heterocycles. The van der Waals surface area contributed by atoms with Crippen LogP contribution in [0.25, 0.3) is 0 Å². The lowest BCUT2D eigenvalue weighted by Crippen LogP contribution is -2.38. The molecule has 0 saturated carbocycles. The molecule has 6 nitrogen and oxygen atoms in total. The van der Waals surface area contributed by atoms with Crippen molar-refractivity contribution in [2.45, 2.75) is 18.9 Å². The quantitative estimate of drug-likeness (QED) is 0.787. The van der Waals surface area contributed by atoms with Crippen molar-refractivity contribution < 1.29 is 4.79 Å². The molecule has 2 aromatic rings. The number of carbonyl (C=O) groups excluding carboxylic acids is 1. The van der Waals surface area contributed by atoms with Gasteiger partial charge in [-0.15, -0.1) is 0 Å². The van der Waals surface area contributed by atoms with Gasteiger partial charge in [0, 0.05) is 17.8 Å². The molecule has 0 bridgehead atoms. The number of urea groups is 1. The van der Waals surface area contributed by atoms with Gasteiger partial charge in [0.2, 0.25) is 0 Å². The standard InChI is InChI=1S/C16H20ClN5O/c17-14-6-2-1-5-13(14)15(22-7-3-4-8-22)11-18-16(23)21-12-9-19-20-10-12/h1-2,5-6,9-10,15H,3-4,7-8,11H2,(H,19,20)(H2,18,21,23)/t15-/m0/s1. The third-order valence-corrected chi connectivity index (χ3v) is 4.40. The number of aromatic amines is 1. The summed E-state index contributed by atoms with van der Waals surface area (Å²) in [5.74, 6) is 0. The Morgan fingerprint density at radius 2 is 2.13 bits per heavy atom. The molecule has 1 aliphatic heterocycles. The van der Waals surface area contributed by atoms with Crippen LogP contribution < -0.4 is 10.6 Å². The maximum atomic E-state index is 12.0. The average molecular weight is 334 g/mol. The van der Waals surface area contributed by atoms with Crippen LogP contribution in [-0.2, 0) is 0 Å². The second-order valence-electron chi connectivity index (χ2n) is 5.60. The van der Waals surface area contributed by atoms with Gasteiger partial charge in [-0.1, -0.05) is 29.8 Å². The van der Waals surface area contributed by atoms with Crippen LogP contribution in [0.4, 0.5) is 10.5 Å². The summed E-state index contributed by atoms with van der Waals surface area (Å²) in [6, 6.07) is 7.66. The number of amides is 2. The van der Waals surface area contributed by atoms with Gasteiger partial charge in [0.1, 0.15) is 0 Å². The monoisotopic (exact) mass is 333 g/mol. The summed E-state index contributed by atoms with van der Waals surface area (Å²) in [7, 11) is 0. The van der Waals surface area contributed by atoms with E-state index in [1.54, 1.807) is 12.4 Å². The van der Waals surface area contributed by atoms with Crippen molar-refractivity contribution in [3.05, 3.63) is 47.2 Å². The third kappa shape index (κ3) is 4.03. The molecule has 7 heteroatoms. The molecular formula is C16H20ClN5O. The molecule has 0 aliphatic carbocycles. The van der Waals surface area contributed by atoms with E-state index in [1.165, 1.54) is 12.8 Å². The fourth-order valence-electron chi connectivity index (χ4n) is 2.92. The first-order valence-corrected chi connectivity index (χ1v) is 8.14. The topological polar surface area (TPSA) is 73.1 Å². The van der Waals surface area contributed by atoms with Gasteiger partial charge >= 0.3 is 6.03 Å². The lowest BCUT2D eigenvalue weighted by Gasteiger charge is -2.28. The summed E-state index contributed by atoms with van der Waals surface area (Å²) in [6.07, 6.45) is 5.56. The highest BCUT2D eigenvalue weighted by molar-refractivity contribution is 6.31. The van der Waals surface area contributed by atoms with E-state index in [0.29, 0.717) is 12.2 Å². The van der Waals surface area contributed by atoms with E-state index in [2.05, 4.69) is 25.7 Å². The number of likely N-dealkylation sites (tertiary alicyclic amines) is 1. The Kier molecular flexibility index (Phi) is 5.15. The molecule has 1 aliphatic rings. The van der Waals surface area contributed by atoms with Crippen LogP contribution in [0.3, 0.4) is 0 Å². The van der Waals surface area contributed by atoms with Gasteiger partial charge < -0.3 is 10.6 Å². The summed E-state index contributed by atoms with van der Waals surface area (Å²) in [4.78, 5) is 14.4. The van der Waals surface area contributed by atoms with Gasteiger partial charge in [0.05, 0.1) is 17.9 Å². The fraction of sp³-hybridized carbons (Fsp3) is 0.375. The number of H-pyrrole nitrogens is 1. The van der Waals surface area contributed by atoms with E-state index in [-0.39, 0.29) is 12.1 Å². The molecule has 3 N–H and O–H groups in total. The second kappa shape index (κ2) is 7.48.